The van der Waals surface area contributed by atoms with Crippen LogP contribution in [0.5, 0.6) is 11.6 Å². The summed E-state index contributed by atoms with van der Waals surface area (Å²) in [5.74, 6) is 0.927. The zero-order valence-electron chi connectivity index (χ0n) is 25.2. The molecule has 1 aromatic carbocycles. The molecule has 0 spiro atoms. The van der Waals surface area contributed by atoms with E-state index in [2.05, 4.69) is 24.7 Å². The number of anilines is 1. The van der Waals surface area contributed by atoms with Crippen LogP contribution in [0.2, 0.25) is 10.0 Å². The van der Waals surface area contributed by atoms with Gasteiger partial charge in [0.15, 0.2) is 5.75 Å². The molecule has 2 N–H and O–H groups in total. The first-order valence-corrected chi connectivity index (χ1v) is 15.9. The summed E-state index contributed by atoms with van der Waals surface area (Å²) in [6, 6.07) is 9.32. The lowest BCUT2D eigenvalue weighted by Gasteiger charge is -2.35. The van der Waals surface area contributed by atoms with Gasteiger partial charge in [-0.05, 0) is 75.0 Å². The molecule has 2 aliphatic heterocycles. The monoisotopic (exact) mass is 642 g/mol. The molecule has 2 aliphatic rings. The molecule has 10 nitrogen and oxygen atoms in total. The Morgan fingerprint density at radius 3 is 2.23 bits per heavy atom. The van der Waals surface area contributed by atoms with Crippen molar-refractivity contribution in [2.24, 2.45) is 11.8 Å². The van der Waals surface area contributed by atoms with Crippen LogP contribution >= 0.6 is 23.2 Å². The molecular weight excluding hydrogens is 603 g/mol. The number of β-amino-alcohol motifs (C(OH)–C–C–N with tert-alkyl or cyclic N) is 1. The van der Waals surface area contributed by atoms with E-state index in [0.29, 0.717) is 52.3 Å². The zero-order valence-corrected chi connectivity index (χ0v) is 26.7. The van der Waals surface area contributed by atoms with Crippen LogP contribution in [0.3, 0.4) is 0 Å². The van der Waals surface area contributed by atoms with E-state index in [1.54, 1.807) is 32.3 Å². The highest BCUT2D eigenvalue weighted by Crippen LogP contribution is 2.31. The summed E-state index contributed by atoms with van der Waals surface area (Å²) in [5, 5.41) is 20.0. The van der Waals surface area contributed by atoms with Crippen molar-refractivity contribution in [1.29, 1.82) is 0 Å². The van der Waals surface area contributed by atoms with Crippen LogP contribution in [-0.2, 0) is 11.3 Å². The molecule has 0 aliphatic carbocycles. The van der Waals surface area contributed by atoms with E-state index in [4.69, 9.17) is 32.9 Å². The van der Waals surface area contributed by atoms with Gasteiger partial charge in [0.1, 0.15) is 0 Å². The van der Waals surface area contributed by atoms with Crippen LogP contribution in [0.1, 0.15) is 38.7 Å². The van der Waals surface area contributed by atoms with E-state index in [9.17, 15) is 15.0 Å². The predicted octanol–water partition coefficient (Wildman–Crippen LogP) is 5.46. The average Bonchev–Trinajstić information content (AvgIpc) is 2.98. The maximum Gasteiger partial charge on any atom is 0.306 e. The lowest BCUT2D eigenvalue weighted by molar-refractivity contribution is -0.141. The SMILES string of the molecule is CC(CC1CCN(Cc2cc(Oc3cnc(N4CCN(C[C@@H](C)O)CC4)nc3)nc(-c3cc(Cl)cc(Cl)c3)c2)CC1)C(=O)O. The summed E-state index contributed by atoms with van der Waals surface area (Å²) in [7, 11) is 0. The molecule has 0 saturated carbocycles. The minimum atomic E-state index is -0.725. The number of aromatic nitrogens is 3. The molecule has 2 fully saturated rings. The Morgan fingerprint density at radius 2 is 1.61 bits per heavy atom. The van der Waals surface area contributed by atoms with Crippen molar-refractivity contribution in [3.63, 3.8) is 0 Å². The number of aliphatic hydroxyl groups is 1. The number of rotatable bonds is 11. The second kappa shape index (κ2) is 14.8. The highest BCUT2D eigenvalue weighted by Gasteiger charge is 2.24. The fraction of sp³-hybridized carbons (Fsp3) is 0.500. The van der Waals surface area contributed by atoms with E-state index in [1.165, 1.54) is 0 Å². The third-order valence-corrected chi connectivity index (χ3v) is 8.69. The number of nitrogens with zero attached hydrogens (tertiary/aromatic N) is 6. The maximum atomic E-state index is 11.3. The largest absolute Gasteiger partial charge is 0.481 e. The van der Waals surface area contributed by atoms with Gasteiger partial charge in [-0.15, -0.1) is 0 Å². The Kier molecular flexibility index (Phi) is 10.9. The van der Waals surface area contributed by atoms with Gasteiger partial charge < -0.3 is 19.8 Å². The number of pyridine rings is 1. The molecule has 2 saturated heterocycles. The number of aliphatic carboxylic acids is 1. The molecule has 236 valence electrons. The van der Waals surface area contributed by atoms with Crippen molar-refractivity contribution in [2.45, 2.75) is 45.8 Å². The molecule has 5 rings (SSSR count). The Hall–Kier alpha value is -3.02. The molecule has 12 heteroatoms. The van der Waals surface area contributed by atoms with Gasteiger partial charge >= 0.3 is 5.97 Å². The number of piperazine rings is 1. The van der Waals surface area contributed by atoms with Crippen LogP contribution in [0.4, 0.5) is 5.95 Å². The van der Waals surface area contributed by atoms with Gasteiger partial charge in [0, 0.05) is 60.9 Å². The molecule has 0 amide bonds. The highest BCUT2D eigenvalue weighted by atomic mass is 35.5. The first-order valence-electron chi connectivity index (χ1n) is 15.2. The number of carboxylic acids is 1. The molecule has 2 aromatic heterocycles. The van der Waals surface area contributed by atoms with Crippen molar-refractivity contribution >= 4 is 35.1 Å². The summed E-state index contributed by atoms with van der Waals surface area (Å²) in [6.45, 7) is 10.0. The third kappa shape index (κ3) is 9.01. The van der Waals surface area contributed by atoms with E-state index in [1.807, 2.05) is 24.3 Å². The van der Waals surface area contributed by atoms with Gasteiger partial charge in [-0.2, -0.15) is 0 Å². The number of piperidine rings is 1. The van der Waals surface area contributed by atoms with Gasteiger partial charge in [-0.25, -0.2) is 15.0 Å². The minimum Gasteiger partial charge on any atom is -0.481 e. The molecule has 1 unspecified atom stereocenters. The smallest absolute Gasteiger partial charge is 0.306 e. The lowest BCUT2D eigenvalue weighted by atomic mass is 9.88. The molecular formula is C32H40Cl2N6O4. The van der Waals surface area contributed by atoms with Gasteiger partial charge in [0.2, 0.25) is 11.8 Å². The number of hydrogen-bond acceptors (Lipinski definition) is 9. The number of carbonyl (C=O) groups is 1. The summed E-state index contributed by atoms with van der Waals surface area (Å²) in [6.07, 6.45) is 5.65. The first kappa shape index (κ1) is 32.4. The summed E-state index contributed by atoms with van der Waals surface area (Å²) >= 11 is 12.6. The topological polar surface area (TPSA) is 115 Å². The van der Waals surface area contributed by atoms with Crippen molar-refractivity contribution in [3.05, 3.63) is 58.3 Å². The van der Waals surface area contributed by atoms with Gasteiger partial charge in [0.05, 0.1) is 30.1 Å². The normalized spacial score (nSPS) is 18.2. The number of halogens is 2. The zero-order chi connectivity index (χ0) is 31.2. The molecule has 0 bridgehead atoms. The number of ether oxygens (including phenoxy) is 1. The quantitative estimate of drug-likeness (QED) is 0.279. The first-order chi connectivity index (χ1) is 21.1. The summed E-state index contributed by atoms with van der Waals surface area (Å²) in [4.78, 5) is 31.9. The molecule has 4 heterocycles. The second-order valence-corrected chi connectivity index (χ2v) is 12.9. The molecule has 0 radical (unpaired) electrons. The van der Waals surface area contributed by atoms with Crippen LogP contribution < -0.4 is 9.64 Å². The summed E-state index contributed by atoms with van der Waals surface area (Å²) < 4.78 is 6.19. The van der Waals surface area contributed by atoms with Gasteiger partial charge in [-0.3, -0.25) is 14.6 Å². The van der Waals surface area contributed by atoms with E-state index in [0.717, 1.165) is 69.7 Å². The molecule has 3 aromatic rings. The number of aliphatic hydroxyl groups excluding tert-OH is 1. The van der Waals surface area contributed by atoms with E-state index in [-0.39, 0.29) is 12.0 Å². The molecule has 44 heavy (non-hydrogen) atoms. The predicted molar refractivity (Wildman–Crippen MR) is 172 cm³/mol. The Morgan fingerprint density at radius 1 is 0.955 bits per heavy atom. The van der Waals surface area contributed by atoms with Crippen LogP contribution in [0, 0.1) is 11.8 Å². The fourth-order valence-electron chi connectivity index (χ4n) is 5.94. The minimum absolute atomic E-state index is 0.317. The summed E-state index contributed by atoms with van der Waals surface area (Å²) in [5.41, 5.74) is 2.52. The average molecular weight is 644 g/mol. The fourth-order valence-corrected chi connectivity index (χ4v) is 6.47. The lowest BCUT2D eigenvalue weighted by Crippen LogP contribution is -2.48. The molecule has 2 atom stereocenters. The number of benzene rings is 1. The van der Waals surface area contributed by atoms with E-state index < -0.39 is 5.97 Å². The van der Waals surface area contributed by atoms with Gasteiger partial charge in [0.25, 0.3) is 0 Å². The van der Waals surface area contributed by atoms with Crippen LogP contribution in [0.15, 0.2) is 42.7 Å². The highest BCUT2D eigenvalue weighted by molar-refractivity contribution is 6.35. The van der Waals surface area contributed by atoms with Crippen molar-refractivity contribution < 1.29 is 19.7 Å². The number of likely N-dealkylation sites (tertiary alicyclic amines) is 1. The Labute approximate surface area is 268 Å². The van der Waals surface area contributed by atoms with Crippen LogP contribution in [0.25, 0.3) is 11.3 Å². The van der Waals surface area contributed by atoms with Crippen LogP contribution in [-0.4, -0.2) is 92.9 Å². The van der Waals surface area contributed by atoms with Crippen molar-refractivity contribution in [2.75, 3.05) is 50.7 Å². The number of carboxylic acid groups (broad SMARTS) is 1. The Bertz CT molecular complexity index is 1390. The van der Waals surface area contributed by atoms with E-state index >= 15 is 0 Å². The second-order valence-electron chi connectivity index (χ2n) is 12.0. The maximum absolute atomic E-state index is 11.3. The Balaban J connectivity index is 1.29. The standard InChI is InChI=1S/C32H40Cl2N6O4/c1-21(31(42)43)11-23-3-5-38(6-4-23)20-24-12-29(25-14-26(33)16-27(34)15-25)37-30(13-24)44-28-17-35-32(36-18-28)40-9-7-39(8-10-40)19-22(2)41/h12-18,21-23,41H,3-11,19-20H2,1-2H3,(H,42,43)/t21?,22-/m1/s1. The van der Waals surface area contributed by atoms with Gasteiger partial charge in [-0.1, -0.05) is 30.1 Å². The van der Waals surface area contributed by atoms with Crippen molar-refractivity contribution in [3.8, 4) is 22.9 Å². The van der Waals surface area contributed by atoms with Crippen molar-refractivity contribution in [1.82, 2.24) is 24.8 Å². The number of hydrogen-bond donors (Lipinski definition) is 2. The third-order valence-electron chi connectivity index (χ3n) is 8.26.